The Kier molecular flexibility index (Phi) is 4.06. The topological polar surface area (TPSA) is 95.5 Å². The zero-order chi connectivity index (χ0) is 15.7. The minimum atomic E-state index is -0.801. The van der Waals surface area contributed by atoms with Gasteiger partial charge in [-0.3, -0.25) is 14.4 Å². The Bertz CT molecular complexity index is 646. The zero-order valence-corrected chi connectivity index (χ0v) is 12.6. The summed E-state index contributed by atoms with van der Waals surface area (Å²) >= 11 is 1.44. The number of rotatable bonds is 3. The number of nitrogens with one attached hydrogen (secondary N) is 2. The maximum Gasteiger partial charge on any atom is 0.306 e. The number of fused-ring (bicyclic) bond motifs is 1. The fraction of sp³-hybridized carbons (Fsp3) is 0.400. The first-order chi connectivity index (χ1) is 10.5. The number of aliphatic carboxylic acids is 1. The molecule has 3 rings (SSSR count). The molecule has 2 atom stereocenters. The van der Waals surface area contributed by atoms with E-state index in [1.54, 1.807) is 12.1 Å². The number of carbonyl (C=O) groups is 3. The van der Waals surface area contributed by atoms with Crippen LogP contribution in [0.4, 0.5) is 5.69 Å². The van der Waals surface area contributed by atoms with Gasteiger partial charge in [-0.05, 0) is 37.5 Å². The van der Waals surface area contributed by atoms with Gasteiger partial charge in [-0.1, -0.05) is 0 Å². The molecule has 0 unspecified atom stereocenters. The molecule has 1 aliphatic heterocycles. The van der Waals surface area contributed by atoms with Crippen molar-refractivity contribution < 1.29 is 19.5 Å². The lowest BCUT2D eigenvalue weighted by Gasteiger charge is -2.18. The maximum atomic E-state index is 12.3. The molecule has 0 saturated heterocycles. The molecule has 0 aromatic heterocycles. The first kappa shape index (κ1) is 14.9. The highest BCUT2D eigenvalue weighted by Gasteiger charge is 2.30. The molecule has 2 amide bonds. The number of carboxylic acids is 1. The molecule has 1 aromatic rings. The fourth-order valence-corrected chi connectivity index (χ4v) is 3.62. The van der Waals surface area contributed by atoms with Gasteiger partial charge < -0.3 is 15.7 Å². The average molecular weight is 320 g/mol. The van der Waals surface area contributed by atoms with Crippen LogP contribution in [0.1, 0.15) is 29.6 Å². The van der Waals surface area contributed by atoms with E-state index in [0.717, 1.165) is 4.90 Å². The van der Waals surface area contributed by atoms with Gasteiger partial charge in [0.2, 0.25) is 5.91 Å². The van der Waals surface area contributed by atoms with Crippen LogP contribution in [0.5, 0.6) is 0 Å². The van der Waals surface area contributed by atoms with Crippen molar-refractivity contribution in [3.63, 3.8) is 0 Å². The van der Waals surface area contributed by atoms with E-state index in [1.165, 1.54) is 11.8 Å². The van der Waals surface area contributed by atoms with E-state index in [9.17, 15) is 14.4 Å². The molecule has 0 bridgehead atoms. The molecule has 1 saturated carbocycles. The van der Waals surface area contributed by atoms with Crippen LogP contribution in [0.2, 0.25) is 0 Å². The van der Waals surface area contributed by atoms with Crippen LogP contribution < -0.4 is 10.6 Å². The summed E-state index contributed by atoms with van der Waals surface area (Å²) in [6.45, 7) is 0. The van der Waals surface area contributed by atoms with Crippen molar-refractivity contribution in [2.75, 3.05) is 11.1 Å². The van der Waals surface area contributed by atoms with Crippen LogP contribution in [0, 0.1) is 5.92 Å². The standard InChI is InChI=1S/C15H16N2O4S/c18-13-7-22-12-4-2-8(6-11(12)17-13)14(19)16-10-3-1-9(5-10)15(20)21/h2,4,6,9-10H,1,3,5,7H2,(H,16,19)(H,17,18)(H,20,21)/t9-,10+/m0/s1. The average Bonchev–Trinajstić information content (AvgIpc) is 2.95. The molecule has 2 aliphatic rings. The van der Waals surface area contributed by atoms with Crippen LogP contribution in [0.3, 0.4) is 0 Å². The third-order valence-corrected chi connectivity index (χ3v) is 5.07. The number of thioether (sulfide) groups is 1. The van der Waals surface area contributed by atoms with E-state index in [2.05, 4.69) is 10.6 Å². The van der Waals surface area contributed by atoms with Crippen molar-refractivity contribution in [1.29, 1.82) is 0 Å². The second-order valence-electron chi connectivity index (χ2n) is 5.57. The molecule has 22 heavy (non-hydrogen) atoms. The lowest BCUT2D eigenvalue weighted by molar-refractivity contribution is -0.141. The normalized spacial score (nSPS) is 23.5. The summed E-state index contributed by atoms with van der Waals surface area (Å²) in [5.41, 5.74) is 1.13. The Morgan fingerprint density at radius 3 is 2.86 bits per heavy atom. The van der Waals surface area contributed by atoms with Gasteiger partial charge in [-0.25, -0.2) is 0 Å². The van der Waals surface area contributed by atoms with Crippen molar-refractivity contribution in [1.82, 2.24) is 5.32 Å². The Morgan fingerprint density at radius 2 is 2.14 bits per heavy atom. The molecule has 0 spiro atoms. The third-order valence-electron chi connectivity index (χ3n) is 3.99. The lowest BCUT2D eigenvalue weighted by Crippen LogP contribution is -2.33. The first-order valence-corrected chi connectivity index (χ1v) is 8.12. The Balaban J connectivity index is 1.67. The number of anilines is 1. The Hall–Kier alpha value is -2.02. The van der Waals surface area contributed by atoms with Crippen LogP contribution in [0.25, 0.3) is 0 Å². The van der Waals surface area contributed by atoms with Crippen molar-refractivity contribution in [3.8, 4) is 0 Å². The summed E-state index contributed by atoms with van der Waals surface area (Å²) in [5, 5.41) is 14.6. The van der Waals surface area contributed by atoms with Gasteiger partial charge in [0, 0.05) is 16.5 Å². The third kappa shape index (κ3) is 3.09. The lowest BCUT2D eigenvalue weighted by atomic mass is 10.1. The number of carboxylic acid groups (broad SMARTS) is 1. The van der Waals surface area contributed by atoms with Crippen LogP contribution in [-0.2, 0) is 9.59 Å². The highest BCUT2D eigenvalue weighted by Crippen LogP contribution is 2.32. The SMILES string of the molecule is O=C1CSc2ccc(C(=O)N[C@@H]3CC[C@H](C(=O)O)C3)cc2N1. The Labute approximate surface area is 131 Å². The van der Waals surface area contributed by atoms with E-state index in [4.69, 9.17) is 5.11 Å². The summed E-state index contributed by atoms with van der Waals surface area (Å²) < 4.78 is 0. The number of carbonyl (C=O) groups excluding carboxylic acids is 2. The summed E-state index contributed by atoms with van der Waals surface area (Å²) in [5.74, 6) is -1.09. The van der Waals surface area contributed by atoms with Gasteiger partial charge in [0.15, 0.2) is 0 Å². The number of hydrogen-bond acceptors (Lipinski definition) is 4. The van der Waals surface area contributed by atoms with Crippen molar-refractivity contribution in [2.45, 2.75) is 30.2 Å². The van der Waals surface area contributed by atoms with Gasteiger partial charge >= 0.3 is 5.97 Å². The number of benzene rings is 1. The van der Waals surface area contributed by atoms with Crippen molar-refractivity contribution >= 4 is 35.2 Å². The summed E-state index contributed by atoms with van der Waals surface area (Å²) in [4.78, 5) is 35.6. The highest BCUT2D eigenvalue weighted by molar-refractivity contribution is 8.00. The molecular formula is C15H16N2O4S. The number of amides is 2. The molecule has 1 fully saturated rings. The van der Waals surface area contributed by atoms with Crippen LogP contribution in [-0.4, -0.2) is 34.7 Å². The molecule has 3 N–H and O–H groups in total. The van der Waals surface area contributed by atoms with Gasteiger partial charge in [0.25, 0.3) is 5.91 Å². The van der Waals surface area contributed by atoms with E-state index in [0.29, 0.717) is 36.3 Å². The van der Waals surface area contributed by atoms with Gasteiger partial charge in [0.05, 0.1) is 17.4 Å². The molecule has 116 valence electrons. The summed E-state index contributed by atoms with van der Waals surface area (Å²) in [6.07, 6.45) is 1.75. The molecule has 6 nitrogen and oxygen atoms in total. The quantitative estimate of drug-likeness (QED) is 0.788. The minimum Gasteiger partial charge on any atom is -0.481 e. The fourth-order valence-electron chi connectivity index (χ4n) is 2.83. The molecule has 0 radical (unpaired) electrons. The highest BCUT2D eigenvalue weighted by atomic mass is 32.2. The second-order valence-corrected chi connectivity index (χ2v) is 6.58. The second kappa shape index (κ2) is 6.00. The van der Waals surface area contributed by atoms with E-state index in [-0.39, 0.29) is 23.8 Å². The Morgan fingerprint density at radius 1 is 1.32 bits per heavy atom. The zero-order valence-electron chi connectivity index (χ0n) is 11.8. The summed E-state index contributed by atoms with van der Waals surface area (Å²) in [7, 11) is 0. The van der Waals surface area contributed by atoms with Gasteiger partial charge in [0.1, 0.15) is 0 Å². The molecular weight excluding hydrogens is 304 g/mol. The van der Waals surface area contributed by atoms with Crippen molar-refractivity contribution in [2.24, 2.45) is 5.92 Å². The smallest absolute Gasteiger partial charge is 0.306 e. The first-order valence-electron chi connectivity index (χ1n) is 7.13. The number of hydrogen-bond donors (Lipinski definition) is 3. The predicted octanol–water partition coefficient (Wildman–Crippen LogP) is 1.71. The monoisotopic (exact) mass is 320 g/mol. The largest absolute Gasteiger partial charge is 0.481 e. The molecule has 1 heterocycles. The predicted molar refractivity (Wildman–Crippen MR) is 82.0 cm³/mol. The van der Waals surface area contributed by atoms with E-state index < -0.39 is 5.97 Å². The molecule has 1 aromatic carbocycles. The van der Waals surface area contributed by atoms with Crippen LogP contribution >= 0.6 is 11.8 Å². The maximum absolute atomic E-state index is 12.3. The van der Waals surface area contributed by atoms with Crippen molar-refractivity contribution in [3.05, 3.63) is 23.8 Å². The molecule has 1 aliphatic carbocycles. The van der Waals surface area contributed by atoms with Gasteiger partial charge in [-0.15, -0.1) is 11.8 Å². The minimum absolute atomic E-state index is 0.0739. The van der Waals surface area contributed by atoms with Crippen LogP contribution in [0.15, 0.2) is 23.1 Å². The van der Waals surface area contributed by atoms with Gasteiger partial charge in [-0.2, -0.15) is 0 Å². The summed E-state index contributed by atoms with van der Waals surface area (Å²) in [6, 6.07) is 5.11. The van der Waals surface area contributed by atoms with E-state index >= 15 is 0 Å². The molecule has 7 heteroatoms. The van der Waals surface area contributed by atoms with E-state index in [1.807, 2.05) is 6.07 Å².